The van der Waals surface area contributed by atoms with Gasteiger partial charge < -0.3 is 15.2 Å². The fourth-order valence-electron chi connectivity index (χ4n) is 1.74. The molecular weight excluding hydrogens is 260 g/mol. The molecule has 1 saturated carbocycles. The molecule has 7 nitrogen and oxygen atoms in total. The Morgan fingerprint density at radius 3 is 2.61 bits per heavy atom. The maximum Gasteiger partial charge on any atom is 0.352 e. The summed E-state index contributed by atoms with van der Waals surface area (Å²) >= 11 is 0. The highest BCUT2D eigenvalue weighted by Gasteiger charge is 2.38. The molecule has 100 valence electrons. The van der Waals surface area contributed by atoms with Gasteiger partial charge in [0.25, 0.3) is 0 Å². The second kappa shape index (κ2) is 4.71. The second-order valence-electron chi connectivity index (χ2n) is 4.12. The fourth-order valence-corrected chi connectivity index (χ4v) is 3.41. The number of H-pyrrole nitrogens is 1. The molecule has 8 heteroatoms. The van der Waals surface area contributed by atoms with Crippen molar-refractivity contribution in [3.63, 3.8) is 0 Å². The zero-order chi connectivity index (χ0) is 13.3. The maximum atomic E-state index is 12.2. The summed E-state index contributed by atoms with van der Waals surface area (Å²) in [6.07, 6.45) is 2.70. The first-order valence-corrected chi connectivity index (χ1v) is 6.95. The van der Waals surface area contributed by atoms with Crippen LogP contribution in [-0.4, -0.2) is 53.1 Å². The monoisotopic (exact) mass is 274 g/mol. The summed E-state index contributed by atoms with van der Waals surface area (Å²) in [5, 5.41) is 17.7. The van der Waals surface area contributed by atoms with Crippen molar-refractivity contribution in [1.82, 2.24) is 9.29 Å². The third-order valence-electron chi connectivity index (χ3n) is 2.77. The Morgan fingerprint density at radius 2 is 2.17 bits per heavy atom. The van der Waals surface area contributed by atoms with E-state index in [1.807, 2.05) is 0 Å². The van der Waals surface area contributed by atoms with E-state index < -0.39 is 16.0 Å². The van der Waals surface area contributed by atoms with E-state index >= 15 is 0 Å². The molecule has 1 fully saturated rings. The summed E-state index contributed by atoms with van der Waals surface area (Å²) < 4.78 is 25.7. The van der Waals surface area contributed by atoms with Crippen LogP contribution in [0.4, 0.5) is 0 Å². The first-order chi connectivity index (χ1) is 8.46. The van der Waals surface area contributed by atoms with Crippen LogP contribution in [0.2, 0.25) is 0 Å². The van der Waals surface area contributed by atoms with Crippen LogP contribution in [0.3, 0.4) is 0 Å². The van der Waals surface area contributed by atoms with E-state index in [4.69, 9.17) is 10.2 Å². The Kier molecular flexibility index (Phi) is 3.42. The Morgan fingerprint density at radius 1 is 1.50 bits per heavy atom. The number of aromatic nitrogens is 1. The first-order valence-electron chi connectivity index (χ1n) is 5.51. The molecule has 3 N–H and O–H groups in total. The van der Waals surface area contributed by atoms with Crippen molar-refractivity contribution in [3.8, 4) is 0 Å². The van der Waals surface area contributed by atoms with Crippen molar-refractivity contribution in [3.05, 3.63) is 18.0 Å². The molecule has 2 rings (SSSR count). The number of aliphatic hydroxyl groups excluding tert-OH is 1. The summed E-state index contributed by atoms with van der Waals surface area (Å²) in [6, 6.07) is 1.01. The van der Waals surface area contributed by atoms with Crippen molar-refractivity contribution >= 4 is 16.0 Å². The van der Waals surface area contributed by atoms with E-state index in [0.29, 0.717) is 0 Å². The minimum Gasteiger partial charge on any atom is -0.477 e. The minimum absolute atomic E-state index is 0.0284. The second-order valence-corrected chi connectivity index (χ2v) is 6.02. The number of carboxylic acid groups (broad SMARTS) is 1. The molecule has 0 aliphatic heterocycles. The highest BCUT2D eigenvalue weighted by molar-refractivity contribution is 7.89. The number of nitrogens with zero attached hydrogens (tertiary/aromatic N) is 1. The Bertz CT molecular complexity index is 546. The van der Waals surface area contributed by atoms with Crippen molar-refractivity contribution in [2.45, 2.75) is 23.8 Å². The third kappa shape index (κ3) is 2.40. The number of sulfonamides is 1. The molecule has 0 amide bonds. The molecular formula is C10H14N2O5S. The molecule has 0 spiro atoms. The van der Waals surface area contributed by atoms with Crippen LogP contribution in [0.1, 0.15) is 23.3 Å². The van der Waals surface area contributed by atoms with Crippen molar-refractivity contribution in [2.75, 3.05) is 13.2 Å². The number of carboxylic acids is 1. The molecule has 0 aromatic carbocycles. The summed E-state index contributed by atoms with van der Waals surface area (Å²) in [5.41, 5.74) is -0.173. The van der Waals surface area contributed by atoms with E-state index in [0.717, 1.165) is 25.1 Å². The van der Waals surface area contributed by atoms with Gasteiger partial charge >= 0.3 is 5.97 Å². The normalized spacial score (nSPS) is 16.1. The lowest BCUT2D eigenvalue weighted by Crippen LogP contribution is -2.35. The average molecular weight is 274 g/mol. The third-order valence-corrected chi connectivity index (χ3v) is 4.70. The summed E-state index contributed by atoms with van der Waals surface area (Å²) in [5.74, 6) is -1.21. The van der Waals surface area contributed by atoms with E-state index in [1.165, 1.54) is 4.31 Å². The average Bonchev–Trinajstić information content (AvgIpc) is 2.99. The molecule has 1 heterocycles. The van der Waals surface area contributed by atoms with Gasteiger partial charge in [0, 0.05) is 18.8 Å². The lowest BCUT2D eigenvalue weighted by Gasteiger charge is -2.19. The lowest BCUT2D eigenvalue weighted by atomic mass is 10.4. The Hall–Kier alpha value is -1.38. The molecule has 0 radical (unpaired) electrons. The van der Waals surface area contributed by atoms with E-state index in [-0.39, 0.29) is 29.8 Å². The predicted octanol–water partition coefficient (Wildman–Crippen LogP) is -0.142. The standard InChI is InChI=1S/C10H14N2O5S/c13-4-3-12(7-1-2-7)18(16,17)8-5-9(10(14)15)11-6-8/h5-7,11,13H,1-4H2,(H,14,15). The van der Waals surface area contributed by atoms with E-state index in [1.54, 1.807) is 0 Å². The van der Waals surface area contributed by atoms with Crippen LogP contribution < -0.4 is 0 Å². The van der Waals surface area contributed by atoms with Gasteiger partial charge in [0.2, 0.25) is 10.0 Å². The number of carbonyl (C=O) groups is 1. The Balaban J connectivity index is 2.30. The van der Waals surface area contributed by atoms with Gasteiger partial charge in [-0.25, -0.2) is 13.2 Å². The van der Waals surface area contributed by atoms with Gasteiger partial charge in [-0.15, -0.1) is 0 Å². The number of aromatic amines is 1. The van der Waals surface area contributed by atoms with Crippen molar-refractivity contribution < 1.29 is 23.4 Å². The van der Waals surface area contributed by atoms with Crippen LogP contribution >= 0.6 is 0 Å². The number of aromatic carboxylic acids is 1. The molecule has 0 saturated heterocycles. The van der Waals surface area contributed by atoms with Crippen LogP contribution in [-0.2, 0) is 10.0 Å². The van der Waals surface area contributed by atoms with Crippen LogP contribution in [0.5, 0.6) is 0 Å². The van der Waals surface area contributed by atoms with Gasteiger partial charge in [0.1, 0.15) is 10.6 Å². The number of hydrogen-bond acceptors (Lipinski definition) is 4. The largest absolute Gasteiger partial charge is 0.477 e. The van der Waals surface area contributed by atoms with Crippen molar-refractivity contribution in [1.29, 1.82) is 0 Å². The number of rotatable bonds is 6. The molecule has 0 bridgehead atoms. The minimum atomic E-state index is -3.73. The van der Waals surface area contributed by atoms with Gasteiger partial charge in [0.05, 0.1) is 6.61 Å². The van der Waals surface area contributed by atoms with Gasteiger partial charge in [0.15, 0.2) is 0 Å². The van der Waals surface area contributed by atoms with Gasteiger partial charge in [-0.1, -0.05) is 0 Å². The molecule has 1 aliphatic rings. The number of aliphatic hydroxyl groups is 1. The number of hydrogen-bond donors (Lipinski definition) is 3. The summed E-state index contributed by atoms with van der Waals surface area (Å²) in [7, 11) is -3.73. The molecule has 18 heavy (non-hydrogen) atoms. The van der Waals surface area contributed by atoms with E-state index in [2.05, 4.69) is 4.98 Å². The molecule has 0 unspecified atom stereocenters. The predicted molar refractivity (Wildman–Crippen MR) is 61.8 cm³/mol. The molecule has 0 atom stereocenters. The summed E-state index contributed by atoms with van der Waals surface area (Å²) in [6.45, 7) is -0.230. The molecule has 1 aromatic rings. The zero-order valence-electron chi connectivity index (χ0n) is 9.54. The SMILES string of the molecule is O=C(O)c1cc(S(=O)(=O)N(CCO)C2CC2)c[nH]1. The Labute approximate surface area is 104 Å². The van der Waals surface area contributed by atoms with Crippen molar-refractivity contribution in [2.24, 2.45) is 0 Å². The van der Waals surface area contributed by atoms with Gasteiger partial charge in [-0.3, -0.25) is 0 Å². The first kappa shape index (κ1) is 13.1. The molecule has 1 aromatic heterocycles. The van der Waals surface area contributed by atoms with Crippen LogP contribution in [0.15, 0.2) is 17.2 Å². The topological polar surface area (TPSA) is 111 Å². The van der Waals surface area contributed by atoms with E-state index in [9.17, 15) is 13.2 Å². The highest BCUT2D eigenvalue weighted by atomic mass is 32.2. The zero-order valence-corrected chi connectivity index (χ0v) is 10.4. The smallest absolute Gasteiger partial charge is 0.352 e. The van der Waals surface area contributed by atoms with Crippen LogP contribution in [0.25, 0.3) is 0 Å². The van der Waals surface area contributed by atoms with Gasteiger partial charge in [-0.05, 0) is 18.9 Å². The number of nitrogens with one attached hydrogen (secondary N) is 1. The fraction of sp³-hybridized carbons (Fsp3) is 0.500. The lowest BCUT2D eigenvalue weighted by molar-refractivity contribution is 0.0691. The summed E-state index contributed by atoms with van der Waals surface area (Å²) in [4.78, 5) is 13.0. The van der Waals surface area contributed by atoms with Crippen LogP contribution in [0, 0.1) is 0 Å². The molecule has 1 aliphatic carbocycles. The highest BCUT2D eigenvalue weighted by Crippen LogP contribution is 2.31. The maximum absolute atomic E-state index is 12.2. The van der Waals surface area contributed by atoms with Gasteiger partial charge in [-0.2, -0.15) is 4.31 Å². The quantitative estimate of drug-likeness (QED) is 0.668.